The molecule has 0 radical (unpaired) electrons. The lowest BCUT2D eigenvalue weighted by molar-refractivity contribution is -0.385. The van der Waals surface area contributed by atoms with Crippen LogP contribution in [0.1, 0.15) is 18.4 Å². The van der Waals surface area contributed by atoms with Crippen LogP contribution in [-0.2, 0) is 6.42 Å². The molecule has 0 aliphatic carbocycles. The molecule has 5 nitrogen and oxygen atoms in total. The molecule has 0 spiro atoms. The average Bonchev–Trinajstić information content (AvgIpc) is 2.63. The zero-order valence-corrected chi connectivity index (χ0v) is 14.0. The summed E-state index contributed by atoms with van der Waals surface area (Å²) >= 11 is 0. The fourth-order valence-electron chi connectivity index (χ4n) is 3.19. The number of nitrogens with zero attached hydrogens (tertiary/aromatic N) is 2. The van der Waals surface area contributed by atoms with E-state index in [1.54, 1.807) is 0 Å². The molecule has 1 heterocycles. The lowest BCUT2D eigenvalue weighted by Crippen LogP contribution is -2.40. The zero-order chi connectivity index (χ0) is 17.6. The van der Waals surface area contributed by atoms with Crippen LogP contribution < -0.4 is 5.32 Å². The molecule has 3 rings (SSSR count). The summed E-state index contributed by atoms with van der Waals surface area (Å²) in [7, 11) is 0. The molecule has 0 bridgehead atoms. The Balaban J connectivity index is 1.47. The molecule has 0 unspecified atom stereocenters. The molecule has 0 saturated carbocycles. The number of anilines is 1. The monoisotopic (exact) mass is 343 g/mol. The number of non-ortho nitro benzene ring substituents is 1. The molecule has 1 aliphatic rings. The molecule has 1 saturated heterocycles. The van der Waals surface area contributed by atoms with Gasteiger partial charge in [-0.1, -0.05) is 30.3 Å². The van der Waals surface area contributed by atoms with E-state index < -0.39 is 10.7 Å². The first-order chi connectivity index (χ1) is 12.1. The normalized spacial score (nSPS) is 15.9. The topological polar surface area (TPSA) is 58.4 Å². The van der Waals surface area contributed by atoms with E-state index in [1.165, 1.54) is 17.7 Å². The number of nitro benzene ring substituents is 1. The van der Waals surface area contributed by atoms with Crippen molar-refractivity contribution in [3.05, 3.63) is 70.0 Å². The van der Waals surface area contributed by atoms with Gasteiger partial charge in [-0.15, -0.1) is 0 Å². The van der Waals surface area contributed by atoms with Crippen LogP contribution in [0.3, 0.4) is 0 Å². The Morgan fingerprint density at radius 1 is 1.16 bits per heavy atom. The van der Waals surface area contributed by atoms with Crippen molar-refractivity contribution >= 4 is 11.4 Å². The highest BCUT2D eigenvalue weighted by atomic mass is 19.1. The predicted octanol–water partition coefficient (Wildman–Crippen LogP) is 3.85. The van der Waals surface area contributed by atoms with Crippen LogP contribution in [0.5, 0.6) is 0 Å². The van der Waals surface area contributed by atoms with Gasteiger partial charge in [0.05, 0.1) is 16.7 Å². The number of halogens is 1. The van der Waals surface area contributed by atoms with Crippen molar-refractivity contribution in [3.8, 4) is 0 Å². The maximum Gasteiger partial charge on any atom is 0.272 e. The number of hydrogen-bond acceptors (Lipinski definition) is 4. The number of nitro groups is 1. The molecule has 0 amide bonds. The van der Waals surface area contributed by atoms with Gasteiger partial charge < -0.3 is 10.2 Å². The first-order valence-corrected chi connectivity index (χ1v) is 8.58. The Morgan fingerprint density at radius 2 is 1.88 bits per heavy atom. The quantitative estimate of drug-likeness (QED) is 0.639. The number of benzene rings is 2. The Morgan fingerprint density at radius 3 is 2.52 bits per heavy atom. The van der Waals surface area contributed by atoms with Crippen molar-refractivity contribution in [2.75, 3.05) is 25.0 Å². The molecule has 132 valence electrons. The third-order valence-electron chi connectivity index (χ3n) is 4.67. The summed E-state index contributed by atoms with van der Waals surface area (Å²) in [6, 6.07) is 14.4. The second-order valence-electron chi connectivity index (χ2n) is 6.42. The second-order valence-corrected chi connectivity index (χ2v) is 6.42. The second kappa shape index (κ2) is 8.07. The fourth-order valence-corrected chi connectivity index (χ4v) is 3.19. The fraction of sp³-hybridized carbons (Fsp3) is 0.368. The van der Waals surface area contributed by atoms with Gasteiger partial charge in [0, 0.05) is 31.7 Å². The molecule has 0 aromatic heterocycles. The number of piperidine rings is 1. The van der Waals surface area contributed by atoms with E-state index in [0.717, 1.165) is 45.0 Å². The summed E-state index contributed by atoms with van der Waals surface area (Å²) < 4.78 is 14.0. The average molecular weight is 343 g/mol. The first-order valence-electron chi connectivity index (χ1n) is 8.58. The standard InChI is InChI=1S/C19H22FN3O2/c20-18-14-17(23(24)25)6-7-19(18)21-16-9-12-22(13-10-16)11-8-15-4-2-1-3-5-15/h1-7,14,16,21H,8-13H2. The lowest BCUT2D eigenvalue weighted by atomic mass is 10.0. The van der Waals surface area contributed by atoms with E-state index >= 15 is 0 Å². The van der Waals surface area contributed by atoms with Gasteiger partial charge in [-0.3, -0.25) is 10.1 Å². The molecular formula is C19H22FN3O2. The van der Waals surface area contributed by atoms with E-state index in [9.17, 15) is 14.5 Å². The van der Waals surface area contributed by atoms with Gasteiger partial charge in [0.25, 0.3) is 5.69 Å². The summed E-state index contributed by atoms with van der Waals surface area (Å²) in [5.41, 5.74) is 1.46. The molecule has 2 aromatic rings. The van der Waals surface area contributed by atoms with Crippen molar-refractivity contribution in [1.82, 2.24) is 4.90 Å². The minimum absolute atomic E-state index is 0.198. The Labute approximate surface area is 146 Å². The van der Waals surface area contributed by atoms with Crippen LogP contribution in [0.4, 0.5) is 15.8 Å². The zero-order valence-electron chi connectivity index (χ0n) is 14.0. The SMILES string of the molecule is O=[N+]([O-])c1ccc(NC2CCN(CCc3ccccc3)CC2)c(F)c1. The molecule has 2 aromatic carbocycles. The highest BCUT2D eigenvalue weighted by Gasteiger charge is 2.20. The summed E-state index contributed by atoms with van der Waals surface area (Å²) in [6.45, 7) is 2.97. The first kappa shape index (κ1) is 17.4. The number of nitrogens with one attached hydrogen (secondary N) is 1. The van der Waals surface area contributed by atoms with Crippen LogP contribution in [0, 0.1) is 15.9 Å². The summed E-state index contributed by atoms with van der Waals surface area (Å²) in [5.74, 6) is -0.569. The summed E-state index contributed by atoms with van der Waals surface area (Å²) in [5, 5.41) is 13.9. The maximum atomic E-state index is 14.0. The third-order valence-corrected chi connectivity index (χ3v) is 4.67. The van der Waals surface area contributed by atoms with Crippen molar-refractivity contribution < 1.29 is 9.31 Å². The van der Waals surface area contributed by atoms with Crippen molar-refractivity contribution in [1.29, 1.82) is 0 Å². The van der Waals surface area contributed by atoms with E-state index in [2.05, 4.69) is 34.5 Å². The molecule has 1 aliphatic heterocycles. The largest absolute Gasteiger partial charge is 0.380 e. The Hall–Kier alpha value is -2.47. The van der Waals surface area contributed by atoms with Crippen LogP contribution in [0.2, 0.25) is 0 Å². The Kier molecular flexibility index (Phi) is 5.60. The van der Waals surface area contributed by atoms with Crippen molar-refractivity contribution in [2.45, 2.75) is 25.3 Å². The molecular weight excluding hydrogens is 321 g/mol. The molecule has 1 N–H and O–H groups in total. The van der Waals surface area contributed by atoms with E-state index in [-0.39, 0.29) is 11.7 Å². The Bertz CT molecular complexity index is 716. The lowest BCUT2D eigenvalue weighted by Gasteiger charge is -2.32. The van der Waals surface area contributed by atoms with Crippen molar-refractivity contribution in [2.24, 2.45) is 0 Å². The van der Waals surface area contributed by atoms with Gasteiger partial charge in [0.15, 0.2) is 5.82 Å². The van der Waals surface area contributed by atoms with Crippen LogP contribution in [0.15, 0.2) is 48.5 Å². The van der Waals surface area contributed by atoms with Gasteiger partial charge in [-0.2, -0.15) is 0 Å². The minimum Gasteiger partial charge on any atom is -0.380 e. The highest BCUT2D eigenvalue weighted by Crippen LogP contribution is 2.23. The van der Waals surface area contributed by atoms with Crippen LogP contribution >= 0.6 is 0 Å². The van der Waals surface area contributed by atoms with E-state index in [4.69, 9.17) is 0 Å². The number of likely N-dealkylation sites (tertiary alicyclic amines) is 1. The van der Waals surface area contributed by atoms with Crippen LogP contribution in [-0.4, -0.2) is 35.5 Å². The van der Waals surface area contributed by atoms with Gasteiger partial charge in [0.2, 0.25) is 0 Å². The maximum absolute atomic E-state index is 14.0. The van der Waals surface area contributed by atoms with Gasteiger partial charge in [0.1, 0.15) is 0 Å². The summed E-state index contributed by atoms with van der Waals surface area (Å²) in [6.07, 6.45) is 2.91. The van der Waals surface area contributed by atoms with Crippen molar-refractivity contribution in [3.63, 3.8) is 0 Å². The van der Waals surface area contributed by atoms with E-state index in [0.29, 0.717) is 5.69 Å². The minimum atomic E-state index is -0.585. The third kappa shape index (κ3) is 4.76. The molecule has 1 fully saturated rings. The highest BCUT2D eigenvalue weighted by molar-refractivity contribution is 5.50. The van der Waals surface area contributed by atoms with E-state index in [1.807, 2.05) is 6.07 Å². The number of hydrogen-bond donors (Lipinski definition) is 1. The number of rotatable bonds is 6. The van der Waals surface area contributed by atoms with Gasteiger partial charge >= 0.3 is 0 Å². The predicted molar refractivity (Wildman–Crippen MR) is 96.3 cm³/mol. The van der Waals surface area contributed by atoms with Gasteiger partial charge in [-0.25, -0.2) is 4.39 Å². The molecule has 25 heavy (non-hydrogen) atoms. The molecule has 6 heteroatoms. The van der Waals surface area contributed by atoms with Gasteiger partial charge in [-0.05, 0) is 30.9 Å². The summed E-state index contributed by atoms with van der Waals surface area (Å²) in [4.78, 5) is 12.5. The smallest absolute Gasteiger partial charge is 0.272 e. The molecule has 0 atom stereocenters. The van der Waals surface area contributed by atoms with Crippen LogP contribution in [0.25, 0.3) is 0 Å².